The van der Waals surface area contributed by atoms with Gasteiger partial charge >= 0.3 is 5.69 Å². The molecule has 104 valence electrons. The molecule has 0 aliphatic rings. The summed E-state index contributed by atoms with van der Waals surface area (Å²) < 4.78 is 18.4. The molecule has 0 aliphatic heterocycles. The summed E-state index contributed by atoms with van der Waals surface area (Å²) in [4.78, 5) is 21.6. The van der Waals surface area contributed by atoms with Gasteiger partial charge in [-0.25, -0.2) is 9.97 Å². The van der Waals surface area contributed by atoms with Crippen LogP contribution in [0, 0.1) is 22.9 Å². The summed E-state index contributed by atoms with van der Waals surface area (Å²) in [5.41, 5.74) is -0.481. The first-order valence-electron chi connectivity index (χ1n) is 5.46. The number of nitrogens with zero attached hydrogens (tertiary/aromatic N) is 4. The van der Waals surface area contributed by atoms with Crippen LogP contribution in [0.15, 0.2) is 18.5 Å². The van der Waals surface area contributed by atoms with E-state index in [2.05, 4.69) is 20.3 Å². The largest absolute Gasteiger partial charge is 0.494 e. The zero-order chi connectivity index (χ0) is 14.7. The average Bonchev–Trinajstić information content (AvgIpc) is 2.40. The van der Waals surface area contributed by atoms with Crippen LogP contribution in [-0.2, 0) is 0 Å². The molecule has 2 rings (SSSR count). The van der Waals surface area contributed by atoms with E-state index >= 15 is 0 Å². The van der Waals surface area contributed by atoms with Crippen molar-refractivity contribution in [3.8, 4) is 5.75 Å². The molecule has 0 spiro atoms. The zero-order valence-electron chi connectivity index (χ0n) is 10.6. The molecule has 0 saturated heterocycles. The Labute approximate surface area is 112 Å². The highest BCUT2D eigenvalue weighted by Crippen LogP contribution is 2.32. The molecule has 1 aromatic carbocycles. The summed E-state index contributed by atoms with van der Waals surface area (Å²) in [6.45, 7) is 1.66. The SMILES string of the molecule is COc1cc(F)c([N+](=O)[O-])cc1Nc1ncnc(C)n1. The van der Waals surface area contributed by atoms with Crippen LogP contribution in [-0.4, -0.2) is 27.0 Å². The van der Waals surface area contributed by atoms with E-state index < -0.39 is 16.4 Å². The molecule has 1 heterocycles. The van der Waals surface area contributed by atoms with Crippen molar-refractivity contribution >= 4 is 17.3 Å². The van der Waals surface area contributed by atoms with Crippen molar-refractivity contribution in [3.05, 3.63) is 40.2 Å². The molecule has 0 aliphatic carbocycles. The number of benzene rings is 1. The van der Waals surface area contributed by atoms with Crippen molar-refractivity contribution in [1.82, 2.24) is 15.0 Å². The normalized spacial score (nSPS) is 10.2. The number of ether oxygens (including phenoxy) is 1. The summed E-state index contributed by atoms with van der Waals surface area (Å²) >= 11 is 0. The molecule has 9 heteroatoms. The number of methoxy groups -OCH3 is 1. The molecule has 0 unspecified atom stereocenters. The third-order valence-electron chi connectivity index (χ3n) is 2.40. The van der Waals surface area contributed by atoms with E-state index in [1.54, 1.807) is 6.92 Å². The van der Waals surface area contributed by atoms with Gasteiger partial charge in [0, 0.05) is 12.1 Å². The molecule has 0 atom stereocenters. The second-order valence-corrected chi connectivity index (χ2v) is 3.74. The topological polar surface area (TPSA) is 103 Å². The summed E-state index contributed by atoms with van der Waals surface area (Å²) in [7, 11) is 1.32. The van der Waals surface area contributed by atoms with E-state index in [-0.39, 0.29) is 17.4 Å². The number of nitro benzene ring substituents is 1. The number of nitro groups is 1. The third-order valence-corrected chi connectivity index (χ3v) is 2.40. The number of rotatable bonds is 4. The molecule has 8 nitrogen and oxygen atoms in total. The summed E-state index contributed by atoms with van der Waals surface area (Å²) in [6.07, 6.45) is 1.29. The first-order chi connectivity index (χ1) is 9.51. The lowest BCUT2D eigenvalue weighted by Crippen LogP contribution is -2.03. The molecule has 20 heavy (non-hydrogen) atoms. The Balaban J connectivity index is 2.44. The molecular weight excluding hydrogens is 269 g/mol. The van der Waals surface area contributed by atoms with Gasteiger partial charge in [0.05, 0.1) is 17.7 Å². The molecule has 1 N–H and O–H groups in total. The van der Waals surface area contributed by atoms with Crippen molar-refractivity contribution in [2.45, 2.75) is 6.92 Å². The standard InChI is InChI=1S/C11H10FN5O3/c1-6-13-5-14-11(15-6)16-8-4-9(17(18)19)7(12)3-10(8)20-2/h3-5H,1-2H3,(H,13,14,15,16). The highest BCUT2D eigenvalue weighted by molar-refractivity contribution is 5.66. The van der Waals surface area contributed by atoms with Gasteiger partial charge in [0.15, 0.2) is 0 Å². The van der Waals surface area contributed by atoms with Crippen LogP contribution in [0.4, 0.5) is 21.7 Å². The fraction of sp³-hybridized carbons (Fsp3) is 0.182. The second kappa shape index (κ2) is 5.43. The highest BCUT2D eigenvalue weighted by Gasteiger charge is 2.19. The fourth-order valence-electron chi connectivity index (χ4n) is 1.51. The number of aromatic nitrogens is 3. The van der Waals surface area contributed by atoms with Gasteiger partial charge in [0.1, 0.15) is 17.9 Å². The molecule has 0 bridgehead atoms. The summed E-state index contributed by atoms with van der Waals surface area (Å²) in [5.74, 6) is -0.231. The minimum Gasteiger partial charge on any atom is -0.494 e. The molecule has 0 amide bonds. The Bertz CT molecular complexity index is 665. The van der Waals surface area contributed by atoms with E-state index in [1.807, 2.05) is 0 Å². The first-order valence-corrected chi connectivity index (χ1v) is 5.46. The smallest absolute Gasteiger partial charge is 0.307 e. The molecule has 0 fully saturated rings. The van der Waals surface area contributed by atoms with Crippen molar-refractivity contribution in [2.75, 3.05) is 12.4 Å². The number of anilines is 2. The number of hydrogen-bond acceptors (Lipinski definition) is 7. The molecular formula is C11H10FN5O3. The predicted octanol–water partition coefficient (Wildman–Crippen LogP) is 1.98. The van der Waals surface area contributed by atoms with E-state index in [0.29, 0.717) is 5.82 Å². The van der Waals surface area contributed by atoms with Gasteiger partial charge in [-0.3, -0.25) is 10.1 Å². The van der Waals surface area contributed by atoms with E-state index in [9.17, 15) is 14.5 Å². The number of hydrogen-bond donors (Lipinski definition) is 1. The average molecular weight is 279 g/mol. The summed E-state index contributed by atoms with van der Waals surface area (Å²) in [5, 5.41) is 13.5. The van der Waals surface area contributed by atoms with Gasteiger partial charge < -0.3 is 10.1 Å². The van der Waals surface area contributed by atoms with Crippen LogP contribution in [0.2, 0.25) is 0 Å². The van der Waals surface area contributed by atoms with Gasteiger partial charge in [0.2, 0.25) is 11.8 Å². The Morgan fingerprint density at radius 2 is 2.15 bits per heavy atom. The van der Waals surface area contributed by atoms with Gasteiger partial charge in [-0.2, -0.15) is 9.37 Å². The van der Waals surface area contributed by atoms with Crippen LogP contribution in [0.3, 0.4) is 0 Å². The van der Waals surface area contributed by atoms with E-state index in [0.717, 1.165) is 12.1 Å². The minimum absolute atomic E-state index is 0.103. The monoisotopic (exact) mass is 279 g/mol. The minimum atomic E-state index is -0.982. The summed E-state index contributed by atoms with van der Waals surface area (Å²) in [6, 6.07) is 1.95. The quantitative estimate of drug-likeness (QED) is 0.674. The number of halogens is 1. The van der Waals surface area contributed by atoms with Gasteiger partial charge in [-0.1, -0.05) is 0 Å². The Morgan fingerprint density at radius 3 is 2.75 bits per heavy atom. The molecule has 0 saturated carbocycles. The van der Waals surface area contributed by atoms with Crippen LogP contribution in [0.1, 0.15) is 5.82 Å². The van der Waals surface area contributed by atoms with Gasteiger partial charge in [-0.05, 0) is 6.92 Å². The Hall–Kier alpha value is -2.84. The number of aryl methyl sites for hydroxylation is 1. The van der Waals surface area contributed by atoms with Crippen molar-refractivity contribution < 1.29 is 14.1 Å². The van der Waals surface area contributed by atoms with Crippen molar-refractivity contribution in [2.24, 2.45) is 0 Å². The number of nitrogens with one attached hydrogen (secondary N) is 1. The maximum absolute atomic E-state index is 13.5. The van der Waals surface area contributed by atoms with E-state index in [4.69, 9.17) is 4.74 Å². The van der Waals surface area contributed by atoms with Gasteiger partial charge in [0.25, 0.3) is 0 Å². The maximum atomic E-state index is 13.5. The maximum Gasteiger partial charge on any atom is 0.307 e. The second-order valence-electron chi connectivity index (χ2n) is 3.74. The lowest BCUT2D eigenvalue weighted by Gasteiger charge is -2.10. The predicted molar refractivity (Wildman–Crippen MR) is 67.5 cm³/mol. The first kappa shape index (κ1) is 13.6. The lowest BCUT2D eigenvalue weighted by molar-refractivity contribution is -0.387. The van der Waals surface area contributed by atoms with Crippen LogP contribution in [0.25, 0.3) is 0 Å². The van der Waals surface area contributed by atoms with E-state index in [1.165, 1.54) is 13.4 Å². The third kappa shape index (κ3) is 2.76. The van der Waals surface area contributed by atoms with Crippen molar-refractivity contribution in [3.63, 3.8) is 0 Å². The fourth-order valence-corrected chi connectivity index (χ4v) is 1.51. The lowest BCUT2D eigenvalue weighted by atomic mass is 10.2. The van der Waals surface area contributed by atoms with Crippen LogP contribution < -0.4 is 10.1 Å². The van der Waals surface area contributed by atoms with Crippen LogP contribution >= 0.6 is 0 Å². The van der Waals surface area contributed by atoms with Gasteiger partial charge in [-0.15, -0.1) is 0 Å². The Morgan fingerprint density at radius 1 is 1.40 bits per heavy atom. The van der Waals surface area contributed by atoms with Crippen molar-refractivity contribution in [1.29, 1.82) is 0 Å². The molecule has 0 radical (unpaired) electrons. The molecule has 1 aromatic heterocycles. The highest BCUT2D eigenvalue weighted by atomic mass is 19.1. The zero-order valence-corrected chi connectivity index (χ0v) is 10.6. The van der Waals surface area contributed by atoms with Crippen LogP contribution in [0.5, 0.6) is 5.75 Å². The Kier molecular flexibility index (Phi) is 3.69. The molecule has 2 aromatic rings.